The third-order valence-electron chi connectivity index (χ3n) is 2.40. The lowest BCUT2D eigenvalue weighted by atomic mass is 9.98. The van der Waals surface area contributed by atoms with Crippen LogP contribution >= 0.6 is 11.8 Å². The minimum Gasteiger partial charge on any atom is -0.466 e. The molecular formula is C9H16ClNO3. The summed E-state index contributed by atoms with van der Waals surface area (Å²) in [5.74, 6) is -0.731. The molecule has 0 saturated carbocycles. The van der Waals surface area contributed by atoms with Gasteiger partial charge in [0.2, 0.25) is 0 Å². The van der Waals surface area contributed by atoms with E-state index < -0.39 is 12.0 Å². The number of nitrogens with zero attached hydrogens (tertiary/aromatic N) is 1. The third kappa shape index (κ3) is 3.12. The van der Waals surface area contributed by atoms with Crippen molar-refractivity contribution in [2.75, 3.05) is 19.7 Å². The Bertz CT molecular complexity index is 200. The molecule has 2 atom stereocenters. The van der Waals surface area contributed by atoms with Gasteiger partial charge in [0.25, 0.3) is 0 Å². The number of carbonyl (C=O) groups is 1. The Morgan fingerprint density at radius 1 is 1.57 bits per heavy atom. The Morgan fingerprint density at radius 3 is 2.86 bits per heavy atom. The molecule has 0 aliphatic carbocycles. The van der Waals surface area contributed by atoms with E-state index in [0.29, 0.717) is 32.5 Å². The molecule has 0 amide bonds. The van der Waals surface area contributed by atoms with Crippen LogP contribution in [0.4, 0.5) is 0 Å². The van der Waals surface area contributed by atoms with Gasteiger partial charge in [-0.25, -0.2) is 4.42 Å². The molecule has 2 unspecified atom stereocenters. The summed E-state index contributed by atoms with van der Waals surface area (Å²) in [6.07, 6.45) is 0.453. The van der Waals surface area contributed by atoms with Crippen molar-refractivity contribution in [3.05, 3.63) is 0 Å². The van der Waals surface area contributed by atoms with Crippen molar-refractivity contribution in [2.45, 2.75) is 25.9 Å². The predicted octanol–water partition coefficient (Wildman–Crippen LogP) is 0.776. The summed E-state index contributed by atoms with van der Waals surface area (Å²) in [6, 6.07) is 0. The fourth-order valence-corrected chi connectivity index (χ4v) is 1.78. The molecule has 1 fully saturated rings. The van der Waals surface area contributed by atoms with Gasteiger partial charge in [0, 0.05) is 13.1 Å². The summed E-state index contributed by atoms with van der Waals surface area (Å²) in [5.41, 5.74) is 0. The van der Waals surface area contributed by atoms with Crippen LogP contribution in [0, 0.1) is 5.92 Å². The molecule has 1 aliphatic heterocycles. The number of aliphatic hydroxyl groups excluding tert-OH is 1. The van der Waals surface area contributed by atoms with E-state index in [1.54, 1.807) is 11.3 Å². The van der Waals surface area contributed by atoms with Gasteiger partial charge in [-0.05, 0) is 31.5 Å². The first-order valence-corrected chi connectivity index (χ1v) is 5.24. The Balaban J connectivity index is 2.53. The Hall–Kier alpha value is -0.320. The zero-order chi connectivity index (χ0) is 10.6. The maximum Gasteiger partial charge on any atom is 0.311 e. The molecule has 0 aromatic rings. The predicted molar refractivity (Wildman–Crippen MR) is 52.8 cm³/mol. The van der Waals surface area contributed by atoms with E-state index in [9.17, 15) is 9.90 Å². The molecule has 0 spiro atoms. The molecule has 0 bridgehead atoms. The molecule has 5 heteroatoms. The smallest absolute Gasteiger partial charge is 0.311 e. The van der Waals surface area contributed by atoms with E-state index in [2.05, 4.69) is 0 Å². The van der Waals surface area contributed by atoms with Crippen molar-refractivity contribution in [3.63, 3.8) is 0 Å². The van der Waals surface area contributed by atoms with Crippen LogP contribution in [0.2, 0.25) is 0 Å². The van der Waals surface area contributed by atoms with Crippen LogP contribution in [-0.2, 0) is 9.53 Å². The second kappa shape index (κ2) is 5.53. The van der Waals surface area contributed by atoms with Crippen LogP contribution in [0.15, 0.2) is 0 Å². The Kier molecular flexibility index (Phi) is 4.65. The lowest BCUT2D eigenvalue weighted by Crippen LogP contribution is -2.29. The highest BCUT2D eigenvalue weighted by molar-refractivity contribution is 6.13. The van der Waals surface area contributed by atoms with Crippen molar-refractivity contribution in [1.29, 1.82) is 0 Å². The highest BCUT2D eigenvalue weighted by Crippen LogP contribution is 2.20. The van der Waals surface area contributed by atoms with Gasteiger partial charge in [-0.15, -0.1) is 0 Å². The zero-order valence-corrected chi connectivity index (χ0v) is 9.04. The minimum absolute atomic E-state index is 0.313. The molecular weight excluding hydrogens is 206 g/mol. The van der Waals surface area contributed by atoms with Gasteiger partial charge in [0.1, 0.15) is 0 Å². The van der Waals surface area contributed by atoms with Gasteiger partial charge < -0.3 is 9.84 Å². The van der Waals surface area contributed by atoms with Crippen LogP contribution in [0.25, 0.3) is 0 Å². The van der Waals surface area contributed by atoms with E-state index in [1.165, 1.54) is 0 Å². The molecule has 0 radical (unpaired) electrons. The van der Waals surface area contributed by atoms with Crippen LogP contribution in [0.3, 0.4) is 0 Å². The molecule has 82 valence electrons. The van der Waals surface area contributed by atoms with Gasteiger partial charge >= 0.3 is 5.97 Å². The lowest BCUT2D eigenvalue weighted by Gasteiger charge is -2.17. The molecule has 1 rings (SSSR count). The topological polar surface area (TPSA) is 49.8 Å². The first kappa shape index (κ1) is 11.8. The lowest BCUT2D eigenvalue weighted by molar-refractivity contribution is -0.152. The minimum atomic E-state index is -0.627. The highest BCUT2D eigenvalue weighted by Gasteiger charge is 2.30. The van der Waals surface area contributed by atoms with E-state index in [0.717, 1.165) is 0 Å². The van der Waals surface area contributed by atoms with Gasteiger partial charge in [-0.1, -0.05) is 0 Å². The number of halogens is 1. The van der Waals surface area contributed by atoms with Gasteiger partial charge in [-0.2, -0.15) is 0 Å². The molecule has 1 heterocycles. The van der Waals surface area contributed by atoms with E-state index in [-0.39, 0.29) is 5.97 Å². The maximum absolute atomic E-state index is 11.4. The number of esters is 1. The van der Waals surface area contributed by atoms with E-state index in [1.807, 2.05) is 0 Å². The Labute approximate surface area is 88.9 Å². The summed E-state index contributed by atoms with van der Waals surface area (Å²) in [4.78, 5) is 11.4. The second-order valence-electron chi connectivity index (χ2n) is 3.41. The zero-order valence-electron chi connectivity index (χ0n) is 8.28. The molecule has 1 saturated heterocycles. The third-order valence-corrected chi connectivity index (χ3v) is 2.74. The van der Waals surface area contributed by atoms with Crippen molar-refractivity contribution < 1.29 is 14.6 Å². The van der Waals surface area contributed by atoms with Crippen LogP contribution in [0.1, 0.15) is 19.8 Å². The molecule has 14 heavy (non-hydrogen) atoms. The summed E-state index contributed by atoms with van der Waals surface area (Å²) in [7, 11) is 0. The number of hydrogen-bond donors (Lipinski definition) is 1. The maximum atomic E-state index is 11.4. The largest absolute Gasteiger partial charge is 0.466 e. The normalized spacial score (nSPS) is 29.6. The standard InChI is InChI=1S/C9H16ClNO3/c1-2-14-9(13)7-3-5-11(10)6-4-8(7)12/h7-8,12H,2-6H2,1H3. The van der Waals surface area contributed by atoms with Crippen molar-refractivity contribution in [3.8, 4) is 0 Å². The Morgan fingerprint density at radius 2 is 2.21 bits per heavy atom. The summed E-state index contributed by atoms with van der Waals surface area (Å²) in [5, 5.41) is 9.68. The SMILES string of the molecule is CCOC(=O)C1CCN(Cl)CCC1O. The fraction of sp³-hybridized carbons (Fsp3) is 0.889. The number of hydrogen-bond acceptors (Lipinski definition) is 4. The monoisotopic (exact) mass is 221 g/mol. The van der Waals surface area contributed by atoms with Crippen molar-refractivity contribution in [1.82, 2.24) is 4.42 Å². The average molecular weight is 222 g/mol. The number of rotatable bonds is 2. The number of ether oxygens (including phenoxy) is 1. The highest BCUT2D eigenvalue weighted by atomic mass is 35.5. The molecule has 0 aromatic carbocycles. The van der Waals surface area contributed by atoms with Gasteiger partial charge in [0.05, 0.1) is 18.6 Å². The van der Waals surface area contributed by atoms with Crippen molar-refractivity contribution >= 4 is 17.7 Å². The first-order chi connectivity index (χ1) is 6.65. The average Bonchev–Trinajstić information content (AvgIpc) is 2.30. The molecule has 1 aliphatic rings. The second-order valence-corrected chi connectivity index (χ2v) is 3.89. The van der Waals surface area contributed by atoms with E-state index >= 15 is 0 Å². The molecule has 0 aromatic heterocycles. The molecule has 1 N–H and O–H groups in total. The van der Waals surface area contributed by atoms with Gasteiger partial charge in [-0.3, -0.25) is 4.79 Å². The van der Waals surface area contributed by atoms with Crippen molar-refractivity contribution in [2.24, 2.45) is 5.92 Å². The molecule has 4 nitrogen and oxygen atoms in total. The van der Waals surface area contributed by atoms with Crippen LogP contribution in [0.5, 0.6) is 0 Å². The van der Waals surface area contributed by atoms with E-state index in [4.69, 9.17) is 16.5 Å². The summed E-state index contributed by atoms with van der Waals surface area (Å²) in [6.45, 7) is 3.34. The number of aliphatic hydroxyl groups is 1. The fourth-order valence-electron chi connectivity index (χ4n) is 1.58. The summed E-state index contributed by atoms with van der Waals surface area (Å²) >= 11 is 5.80. The van der Waals surface area contributed by atoms with Gasteiger partial charge in [0.15, 0.2) is 0 Å². The first-order valence-electron chi connectivity index (χ1n) is 4.90. The van der Waals surface area contributed by atoms with Crippen LogP contribution in [-0.4, -0.2) is 41.3 Å². The number of carbonyl (C=O) groups excluding carboxylic acids is 1. The van der Waals surface area contributed by atoms with Crippen LogP contribution < -0.4 is 0 Å². The quantitative estimate of drug-likeness (QED) is 0.553. The summed E-state index contributed by atoms with van der Waals surface area (Å²) < 4.78 is 6.48.